The van der Waals surface area contributed by atoms with Gasteiger partial charge in [0, 0.05) is 30.3 Å². The third kappa shape index (κ3) is 2.88. The van der Waals surface area contributed by atoms with Gasteiger partial charge in [-0.05, 0) is 37.1 Å². The molecule has 23 heavy (non-hydrogen) atoms. The predicted molar refractivity (Wildman–Crippen MR) is 84.0 cm³/mol. The van der Waals surface area contributed by atoms with Crippen molar-refractivity contribution in [2.75, 3.05) is 12.8 Å². The first-order valence-corrected chi connectivity index (χ1v) is 9.19. The van der Waals surface area contributed by atoms with E-state index < -0.39 is 9.84 Å². The predicted octanol–water partition coefficient (Wildman–Crippen LogP) is 1.89. The minimum absolute atomic E-state index is 0.164. The first-order valence-electron chi connectivity index (χ1n) is 7.30. The van der Waals surface area contributed by atoms with Crippen LogP contribution in [-0.4, -0.2) is 37.2 Å². The molecule has 0 N–H and O–H groups in total. The van der Waals surface area contributed by atoms with Gasteiger partial charge in [0.1, 0.15) is 6.26 Å². The summed E-state index contributed by atoms with van der Waals surface area (Å²) in [6, 6.07) is 3.08. The van der Waals surface area contributed by atoms with E-state index >= 15 is 0 Å². The van der Waals surface area contributed by atoms with E-state index in [4.69, 9.17) is 4.52 Å². The van der Waals surface area contributed by atoms with Gasteiger partial charge in [-0.15, -0.1) is 0 Å². The minimum atomic E-state index is -3.36. The lowest BCUT2D eigenvalue weighted by Gasteiger charge is -2.27. The number of aryl methyl sites for hydroxylation is 1. The second-order valence-electron chi connectivity index (χ2n) is 5.95. The Morgan fingerprint density at radius 3 is 2.74 bits per heavy atom. The van der Waals surface area contributed by atoms with Crippen molar-refractivity contribution in [1.82, 2.24) is 10.1 Å². The van der Waals surface area contributed by atoms with Crippen LogP contribution in [0.3, 0.4) is 0 Å². The van der Waals surface area contributed by atoms with E-state index in [1.807, 2.05) is 13.8 Å². The number of nitrogens with zero attached hydrogens (tertiary/aromatic N) is 2. The van der Waals surface area contributed by atoms with Crippen molar-refractivity contribution in [3.63, 3.8) is 0 Å². The summed E-state index contributed by atoms with van der Waals surface area (Å²) in [5.74, 6) is -0.164. The molecule has 1 aromatic heterocycles. The van der Waals surface area contributed by atoms with E-state index in [0.717, 1.165) is 28.6 Å². The molecule has 1 aliphatic rings. The summed E-state index contributed by atoms with van der Waals surface area (Å²) in [5, 5.41) is 3.91. The molecule has 6 nitrogen and oxygen atoms in total. The molecular formula is C16H18N2O4S. The number of sulfone groups is 1. The lowest BCUT2D eigenvalue weighted by Crippen LogP contribution is -2.36. The Balaban J connectivity index is 1.98. The average molecular weight is 334 g/mol. The minimum Gasteiger partial charge on any atom is -0.364 e. The smallest absolute Gasteiger partial charge is 0.254 e. The van der Waals surface area contributed by atoms with Crippen LogP contribution >= 0.6 is 0 Å². The monoisotopic (exact) mass is 334 g/mol. The molecule has 0 spiro atoms. The van der Waals surface area contributed by atoms with Gasteiger partial charge in [-0.2, -0.15) is 0 Å². The summed E-state index contributed by atoms with van der Waals surface area (Å²) in [5.41, 5.74) is 3.81. The van der Waals surface area contributed by atoms with E-state index in [9.17, 15) is 13.2 Å². The molecule has 0 saturated carbocycles. The zero-order valence-electron chi connectivity index (χ0n) is 13.3. The molecule has 0 saturated heterocycles. The third-order valence-corrected chi connectivity index (χ3v) is 5.39. The van der Waals surface area contributed by atoms with Crippen molar-refractivity contribution in [2.45, 2.75) is 31.7 Å². The Labute approximate surface area is 135 Å². The molecule has 1 amide bonds. The molecule has 0 aliphatic carbocycles. The molecular weight excluding hydrogens is 316 g/mol. The van der Waals surface area contributed by atoms with Crippen LogP contribution in [0.5, 0.6) is 0 Å². The largest absolute Gasteiger partial charge is 0.364 e. The highest BCUT2D eigenvalue weighted by Crippen LogP contribution is 2.24. The number of rotatable bonds is 2. The highest BCUT2D eigenvalue weighted by Gasteiger charge is 2.26. The number of hydrogen-bond acceptors (Lipinski definition) is 5. The zero-order valence-corrected chi connectivity index (χ0v) is 14.1. The van der Waals surface area contributed by atoms with Crippen LogP contribution < -0.4 is 0 Å². The van der Waals surface area contributed by atoms with Crippen LogP contribution in [0.2, 0.25) is 0 Å². The summed E-state index contributed by atoms with van der Waals surface area (Å²) in [4.78, 5) is 14.7. The number of carbonyl (C=O) groups excluding carboxylic acids is 1. The highest BCUT2D eigenvalue weighted by atomic mass is 32.2. The van der Waals surface area contributed by atoms with Crippen molar-refractivity contribution in [3.05, 3.63) is 46.3 Å². The van der Waals surface area contributed by atoms with Crippen molar-refractivity contribution in [3.8, 4) is 0 Å². The van der Waals surface area contributed by atoms with Gasteiger partial charge in [0.05, 0.1) is 17.1 Å². The molecule has 0 fully saturated rings. The molecule has 122 valence electrons. The Kier molecular flexibility index (Phi) is 3.75. The van der Waals surface area contributed by atoms with Gasteiger partial charge in [0.25, 0.3) is 5.91 Å². The summed E-state index contributed by atoms with van der Waals surface area (Å²) in [7, 11) is -3.36. The molecule has 2 aromatic rings. The quantitative estimate of drug-likeness (QED) is 0.838. The standard InChI is InChI=1S/C16H18N2O4S/c1-10-6-13(23(3,20)21)7-14(11(10)2)16(19)18-5-4-15-12(8-18)9-22-17-15/h6-7,9H,4-5,8H2,1-3H3. The van der Waals surface area contributed by atoms with E-state index in [-0.39, 0.29) is 10.8 Å². The van der Waals surface area contributed by atoms with Crippen LogP contribution in [0.1, 0.15) is 32.7 Å². The fraction of sp³-hybridized carbons (Fsp3) is 0.375. The van der Waals surface area contributed by atoms with E-state index in [2.05, 4.69) is 5.16 Å². The third-order valence-electron chi connectivity index (χ3n) is 4.29. The topological polar surface area (TPSA) is 80.5 Å². The van der Waals surface area contributed by atoms with Gasteiger partial charge in [0.15, 0.2) is 9.84 Å². The van der Waals surface area contributed by atoms with Crippen molar-refractivity contribution >= 4 is 15.7 Å². The molecule has 1 aromatic carbocycles. The van der Waals surface area contributed by atoms with Gasteiger partial charge >= 0.3 is 0 Å². The second kappa shape index (κ2) is 5.49. The van der Waals surface area contributed by atoms with E-state index in [0.29, 0.717) is 25.1 Å². The van der Waals surface area contributed by atoms with Crippen LogP contribution in [-0.2, 0) is 22.8 Å². The maximum absolute atomic E-state index is 12.9. The van der Waals surface area contributed by atoms with E-state index in [1.165, 1.54) is 6.07 Å². The summed E-state index contributed by atoms with van der Waals surface area (Å²) in [6.45, 7) is 4.62. The van der Waals surface area contributed by atoms with Crippen LogP contribution in [0, 0.1) is 13.8 Å². The molecule has 0 radical (unpaired) electrons. The van der Waals surface area contributed by atoms with Gasteiger partial charge in [-0.25, -0.2) is 8.42 Å². The average Bonchev–Trinajstić information content (AvgIpc) is 2.95. The normalized spacial score (nSPS) is 14.7. The van der Waals surface area contributed by atoms with Crippen LogP contribution in [0.15, 0.2) is 27.8 Å². The Bertz CT molecular complexity index is 883. The molecule has 1 aliphatic heterocycles. The Morgan fingerprint density at radius 2 is 2.04 bits per heavy atom. The fourth-order valence-electron chi connectivity index (χ4n) is 2.75. The lowest BCUT2D eigenvalue weighted by molar-refractivity contribution is 0.0733. The number of aromatic nitrogens is 1. The highest BCUT2D eigenvalue weighted by molar-refractivity contribution is 7.90. The lowest BCUT2D eigenvalue weighted by atomic mass is 10.0. The summed E-state index contributed by atoms with van der Waals surface area (Å²) < 4.78 is 28.6. The maximum atomic E-state index is 12.9. The van der Waals surface area contributed by atoms with Gasteiger partial charge < -0.3 is 9.42 Å². The first kappa shape index (κ1) is 15.7. The molecule has 0 unspecified atom stereocenters. The number of amides is 1. The fourth-order valence-corrected chi connectivity index (χ4v) is 3.47. The number of hydrogen-bond donors (Lipinski definition) is 0. The molecule has 3 rings (SSSR count). The molecule has 2 heterocycles. The van der Waals surface area contributed by atoms with Crippen molar-refractivity contribution in [1.29, 1.82) is 0 Å². The molecule has 7 heteroatoms. The van der Waals surface area contributed by atoms with Gasteiger partial charge in [-0.1, -0.05) is 5.16 Å². The van der Waals surface area contributed by atoms with Crippen LogP contribution in [0.4, 0.5) is 0 Å². The molecule has 0 bridgehead atoms. The second-order valence-corrected chi connectivity index (χ2v) is 7.96. The van der Waals surface area contributed by atoms with Crippen molar-refractivity contribution in [2.24, 2.45) is 0 Å². The van der Waals surface area contributed by atoms with E-state index in [1.54, 1.807) is 17.2 Å². The number of fused-ring (bicyclic) bond motifs is 1. The zero-order chi connectivity index (χ0) is 16.8. The number of carbonyl (C=O) groups is 1. The van der Waals surface area contributed by atoms with Crippen LogP contribution in [0.25, 0.3) is 0 Å². The summed E-state index contributed by atoms with van der Waals surface area (Å²) in [6.07, 6.45) is 3.34. The Morgan fingerprint density at radius 1 is 1.30 bits per heavy atom. The van der Waals surface area contributed by atoms with Crippen molar-refractivity contribution < 1.29 is 17.7 Å². The SMILES string of the molecule is Cc1cc(S(C)(=O)=O)cc(C(=O)N2CCc3nocc3C2)c1C. The number of benzene rings is 1. The van der Waals surface area contributed by atoms with Gasteiger partial charge in [0.2, 0.25) is 0 Å². The summed E-state index contributed by atoms with van der Waals surface area (Å²) >= 11 is 0. The molecule has 0 atom stereocenters. The van der Waals surface area contributed by atoms with Gasteiger partial charge in [-0.3, -0.25) is 4.79 Å². The first-order chi connectivity index (χ1) is 10.8. The Hall–Kier alpha value is -2.15. The maximum Gasteiger partial charge on any atom is 0.254 e.